The minimum Gasteiger partial charge on any atom is -0.496 e. The molecule has 6 N–H and O–H groups in total. The molecular formula is C32H36F9N3O9. The Bertz CT molecular complexity index is 1650. The van der Waals surface area contributed by atoms with Crippen LogP contribution in [-0.2, 0) is 9.47 Å². The molecule has 21 heteroatoms. The number of nitrogens with zero attached hydrogens (tertiary/aromatic N) is 2. The lowest BCUT2D eigenvalue weighted by Gasteiger charge is -2.56. The molecular weight excluding hydrogens is 741 g/mol. The van der Waals surface area contributed by atoms with E-state index in [0.29, 0.717) is 0 Å². The number of rotatable bonds is 8. The molecule has 3 fully saturated rings. The highest BCUT2D eigenvalue weighted by Gasteiger charge is 2.81. The zero-order valence-electron chi connectivity index (χ0n) is 28.0. The first-order chi connectivity index (χ1) is 24.3. The minimum atomic E-state index is -7.19. The van der Waals surface area contributed by atoms with Crippen LogP contribution in [0.15, 0.2) is 28.4 Å². The summed E-state index contributed by atoms with van der Waals surface area (Å²) in [4.78, 5) is 27.7. The van der Waals surface area contributed by atoms with Crippen molar-refractivity contribution >= 4 is 23.5 Å². The van der Waals surface area contributed by atoms with Crippen LogP contribution in [0.5, 0.6) is 5.75 Å². The summed E-state index contributed by atoms with van der Waals surface area (Å²) in [7, 11) is 1.25. The lowest BCUT2D eigenvalue weighted by Crippen LogP contribution is -2.66. The summed E-state index contributed by atoms with van der Waals surface area (Å²) in [5.74, 6) is -27.7. The summed E-state index contributed by atoms with van der Waals surface area (Å²) in [6.07, 6.45) is -18.2. The van der Waals surface area contributed by atoms with Gasteiger partial charge in [0.1, 0.15) is 17.6 Å². The molecule has 12 nitrogen and oxygen atoms in total. The summed E-state index contributed by atoms with van der Waals surface area (Å²) >= 11 is 0. The molecule has 0 spiro atoms. The molecule has 1 saturated heterocycles. The quantitative estimate of drug-likeness (QED) is 0.149. The molecule has 3 aliphatic carbocycles. The van der Waals surface area contributed by atoms with E-state index in [1.165, 1.54) is 32.2 Å². The summed E-state index contributed by atoms with van der Waals surface area (Å²) < 4.78 is 137. The van der Waals surface area contributed by atoms with Crippen molar-refractivity contribution in [1.29, 1.82) is 0 Å². The molecule has 0 aromatic heterocycles. The lowest BCUT2D eigenvalue weighted by molar-refractivity contribution is -0.384. The van der Waals surface area contributed by atoms with Gasteiger partial charge in [-0.25, -0.2) is 0 Å². The van der Waals surface area contributed by atoms with E-state index in [9.17, 15) is 69.5 Å². The molecule has 0 radical (unpaired) electrons. The van der Waals surface area contributed by atoms with E-state index < -0.39 is 132 Å². The van der Waals surface area contributed by atoms with Crippen molar-refractivity contribution in [2.24, 2.45) is 39.6 Å². The van der Waals surface area contributed by atoms with E-state index >= 15 is 0 Å². The van der Waals surface area contributed by atoms with Crippen LogP contribution in [0, 0.1) is 23.7 Å². The van der Waals surface area contributed by atoms with Crippen LogP contribution in [0.4, 0.5) is 39.5 Å². The van der Waals surface area contributed by atoms with Gasteiger partial charge < -0.3 is 40.4 Å². The van der Waals surface area contributed by atoms with Gasteiger partial charge in [-0.15, -0.1) is 0 Å². The van der Waals surface area contributed by atoms with E-state index in [-0.39, 0.29) is 23.3 Å². The lowest BCUT2D eigenvalue weighted by atomic mass is 9.52. The molecule has 0 bridgehead atoms. The molecule has 296 valence electrons. The molecule has 1 aromatic rings. The number of hydrogen-bond donors (Lipinski definition) is 5. The van der Waals surface area contributed by atoms with Gasteiger partial charge in [0.2, 0.25) is 0 Å². The highest BCUT2D eigenvalue weighted by molar-refractivity contribution is 6.18. The second-order valence-electron chi connectivity index (χ2n) is 13.9. The monoisotopic (exact) mass is 777 g/mol. The fourth-order valence-electron chi connectivity index (χ4n) is 7.80. The maximum Gasteiger partial charge on any atom is 0.460 e. The van der Waals surface area contributed by atoms with E-state index in [4.69, 9.17) is 19.9 Å². The van der Waals surface area contributed by atoms with Gasteiger partial charge in [-0.05, 0) is 32.3 Å². The molecule has 1 aliphatic heterocycles. The number of nitrogens with two attached hydrogens (primary N) is 1. The SMILES string of the molecule is COc1cccc2c1C(=O)[C@@H]1[C@H](O)[C@H]3[C@H](C[C@@](O)(/C(C)=N\N=C/C(F)(F)C(F)(F)C(F)(F)C(F)(F)F)C[C@H]3O[C@H]3C[C@H](N)[C@H](O)[C@H](C)O3)[C@H](O)[C@@H]1C2=O. The van der Waals surface area contributed by atoms with Crippen LogP contribution in [0.2, 0.25) is 0 Å². The predicted molar refractivity (Wildman–Crippen MR) is 162 cm³/mol. The molecule has 0 amide bonds. The molecule has 0 unspecified atom stereocenters. The molecule has 4 aliphatic rings. The Hall–Kier alpha value is -3.21. The molecule has 2 saturated carbocycles. The van der Waals surface area contributed by atoms with Gasteiger partial charge in [-0.1, -0.05) is 12.1 Å². The highest BCUT2D eigenvalue weighted by Crippen LogP contribution is 2.55. The Morgan fingerprint density at radius 2 is 1.58 bits per heavy atom. The zero-order chi connectivity index (χ0) is 39.8. The maximum atomic E-state index is 14.1. The highest BCUT2D eigenvalue weighted by atomic mass is 19.4. The summed E-state index contributed by atoms with van der Waals surface area (Å²) in [5, 5.41) is 51.5. The third-order valence-corrected chi connectivity index (χ3v) is 10.7. The van der Waals surface area contributed by atoms with E-state index in [0.717, 1.165) is 6.92 Å². The Kier molecular flexibility index (Phi) is 10.7. The van der Waals surface area contributed by atoms with Crippen molar-refractivity contribution in [1.82, 2.24) is 0 Å². The first-order valence-electron chi connectivity index (χ1n) is 16.2. The van der Waals surface area contributed by atoms with Crippen LogP contribution in [0.25, 0.3) is 0 Å². The van der Waals surface area contributed by atoms with Crippen molar-refractivity contribution in [2.45, 2.75) is 106 Å². The number of benzene rings is 1. The van der Waals surface area contributed by atoms with E-state index in [1.807, 2.05) is 0 Å². The summed E-state index contributed by atoms with van der Waals surface area (Å²) in [6.45, 7) is 2.37. The van der Waals surface area contributed by atoms with Gasteiger partial charge in [0.15, 0.2) is 17.9 Å². The third-order valence-electron chi connectivity index (χ3n) is 10.7. The smallest absolute Gasteiger partial charge is 0.460 e. The van der Waals surface area contributed by atoms with E-state index in [2.05, 4.69) is 10.2 Å². The van der Waals surface area contributed by atoms with Crippen molar-refractivity contribution in [3.63, 3.8) is 0 Å². The van der Waals surface area contributed by atoms with Gasteiger partial charge in [-0.3, -0.25) is 9.59 Å². The van der Waals surface area contributed by atoms with Crippen molar-refractivity contribution < 1.29 is 83.7 Å². The number of Topliss-reactive ketones (excluding diaryl/α,β-unsaturated/α-hetero) is 2. The molecule has 53 heavy (non-hydrogen) atoms. The van der Waals surface area contributed by atoms with Crippen molar-refractivity contribution in [3.05, 3.63) is 29.3 Å². The van der Waals surface area contributed by atoms with Crippen molar-refractivity contribution in [3.8, 4) is 5.75 Å². The number of carbonyl (C=O) groups excluding carboxylic acids is 2. The predicted octanol–water partition coefficient (Wildman–Crippen LogP) is 2.92. The van der Waals surface area contributed by atoms with Gasteiger partial charge in [0, 0.05) is 30.4 Å². The second kappa shape index (κ2) is 13.8. The summed E-state index contributed by atoms with van der Waals surface area (Å²) in [5.41, 5.74) is 2.59. The Morgan fingerprint density at radius 1 is 0.962 bits per heavy atom. The number of halogens is 9. The number of aliphatic hydroxyl groups excluding tert-OH is 3. The van der Waals surface area contributed by atoms with Gasteiger partial charge in [0.05, 0.1) is 60.7 Å². The Labute approximate surface area is 294 Å². The number of alkyl halides is 9. The van der Waals surface area contributed by atoms with Crippen LogP contribution in [0.1, 0.15) is 53.8 Å². The first kappa shape index (κ1) is 41.0. The first-order valence-corrected chi connectivity index (χ1v) is 16.2. The normalized spacial score (nSPS) is 37.3. The Morgan fingerprint density at radius 3 is 2.17 bits per heavy atom. The van der Waals surface area contributed by atoms with Gasteiger partial charge in [0.25, 0.3) is 0 Å². The second-order valence-corrected chi connectivity index (χ2v) is 13.9. The average Bonchev–Trinajstić information content (AvgIpc) is 3.06. The third kappa shape index (κ3) is 6.64. The average molecular weight is 778 g/mol. The fraction of sp³-hybridized carbons (Fsp3) is 0.688. The number of ether oxygens (including phenoxy) is 3. The van der Waals surface area contributed by atoms with Crippen molar-refractivity contribution in [2.75, 3.05) is 7.11 Å². The maximum absolute atomic E-state index is 14.1. The zero-order valence-corrected chi connectivity index (χ0v) is 28.0. The largest absolute Gasteiger partial charge is 0.496 e. The number of methoxy groups -OCH3 is 1. The minimum absolute atomic E-state index is 0.0175. The molecule has 1 aromatic carbocycles. The standard InChI is InChI=1S/C32H36F9N3O9/c1-11-23(45)15(42)7-18(52-11)53-17-9-28(50,12(2)44-43-10-29(33,34)30(35,36)31(37,38)32(39,40)41)8-14-20(17)27(49)22-21(25(14)47)24(46)13-5-4-6-16(51-3)19(13)26(22)48/h4-6,10-11,14-15,17-18,20-23,25,27,45,47,49-50H,7-9,42H2,1-3H3/b43-10-,44-12-/t11-,14-,15-,17+,18-,20-,21-,22+,23+,25-,27+,28-/m0/s1. The van der Waals surface area contributed by atoms with E-state index in [1.54, 1.807) is 0 Å². The van der Waals surface area contributed by atoms with Crippen LogP contribution in [-0.4, -0.2) is 123 Å². The number of ketones is 2. The number of hydrogen-bond acceptors (Lipinski definition) is 12. The van der Waals surface area contributed by atoms with Crippen LogP contribution < -0.4 is 10.5 Å². The molecule has 5 rings (SSSR count). The Balaban J connectivity index is 1.53. The molecule has 12 atom stereocenters. The van der Waals surface area contributed by atoms with Crippen LogP contribution in [0.3, 0.4) is 0 Å². The number of carbonyl (C=O) groups is 2. The van der Waals surface area contributed by atoms with Gasteiger partial charge >= 0.3 is 23.9 Å². The fourth-order valence-corrected chi connectivity index (χ4v) is 7.80. The van der Waals surface area contributed by atoms with Crippen LogP contribution >= 0.6 is 0 Å². The number of aliphatic hydroxyl groups is 4. The summed E-state index contributed by atoms with van der Waals surface area (Å²) in [6, 6.07) is 3.23. The topological polar surface area (TPSA) is 193 Å². The molecule has 1 heterocycles. The number of fused-ring (bicyclic) bond motifs is 3. The van der Waals surface area contributed by atoms with Gasteiger partial charge in [-0.2, -0.15) is 49.7 Å².